The van der Waals surface area contributed by atoms with Crippen molar-refractivity contribution in [3.05, 3.63) is 29.8 Å². The Morgan fingerprint density at radius 1 is 1.47 bits per heavy atom. The fraction of sp³-hybridized carbons (Fsp3) is 0.364. The van der Waals surface area contributed by atoms with Crippen LogP contribution in [0.25, 0.3) is 0 Å². The molecule has 0 N–H and O–H groups in total. The van der Waals surface area contributed by atoms with E-state index in [1.165, 1.54) is 10.5 Å². The predicted octanol–water partition coefficient (Wildman–Crippen LogP) is 2.52. The maximum absolute atomic E-state index is 11.6. The normalized spacial score (nSPS) is 15.7. The molecule has 1 aliphatic heterocycles. The van der Waals surface area contributed by atoms with Crippen LogP contribution in [0.4, 0.5) is 0 Å². The molecule has 0 atom stereocenters. The third-order valence-electron chi connectivity index (χ3n) is 2.42. The van der Waals surface area contributed by atoms with Crippen molar-refractivity contribution in [3.63, 3.8) is 0 Å². The molecule has 1 aliphatic rings. The number of fused-ring (bicyclic) bond motifs is 1. The van der Waals surface area contributed by atoms with Gasteiger partial charge in [-0.2, -0.15) is 0 Å². The molecule has 1 aromatic rings. The SMILES string of the molecule is O=C(CBr)N1CCSc2ccccc2C1. The molecule has 0 unspecified atom stereocenters. The molecule has 0 fully saturated rings. The Morgan fingerprint density at radius 3 is 3.07 bits per heavy atom. The number of hydrogen-bond donors (Lipinski definition) is 0. The Balaban J connectivity index is 2.21. The highest BCUT2D eigenvalue weighted by Gasteiger charge is 2.17. The van der Waals surface area contributed by atoms with Gasteiger partial charge < -0.3 is 4.90 Å². The van der Waals surface area contributed by atoms with Crippen molar-refractivity contribution in [2.75, 3.05) is 17.6 Å². The van der Waals surface area contributed by atoms with Crippen LogP contribution in [-0.2, 0) is 11.3 Å². The summed E-state index contributed by atoms with van der Waals surface area (Å²) in [5.41, 5.74) is 1.26. The highest BCUT2D eigenvalue weighted by Crippen LogP contribution is 2.27. The van der Waals surface area contributed by atoms with Gasteiger partial charge in [-0.25, -0.2) is 0 Å². The topological polar surface area (TPSA) is 20.3 Å². The van der Waals surface area contributed by atoms with Gasteiger partial charge in [0.1, 0.15) is 0 Å². The van der Waals surface area contributed by atoms with Crippen molar-refractivity contribution in [1.29, 1.82) is 0 Å². The molecule has 0 aliphatic carbocycles. The van der Waals surface area contributed by atoms with Crippen LogP contribution in [-0.4, -0.2) is 28.4 Å². The van der Waals surface area contributed by atoms with Gasteiger partial charge in [-0.1, -0.05) is 34.1 Å². The minimum absolute atomic E-state index is 0.173. The molecule has 0 saturated heterocycles. The number of alkyl halides is 1. The molecule has 15 heavy (non-hydrogen) atoms. The van der Waals surface area contributed by atoms with E-state index in [0.29, 0.717) is 5.33 Å². The molecule has 0 radical (unpaired) electrons. The Hall–Kier alpha value is -0.480. The van der Waals surface area contributed by atoms with Crippen molar-refractivity contribution >= 4 is 33.6 Å². The molecular weight excluding hydrogens is 274 g/mol. The summed E-state index contributed by atoms with van der Waals surface area (Å²) in [6.45, 7) is 1.58. The van der Waals surface area contributed by atoms with E-state index in [1.807, 2.05) is 28.8 Å². The summed E-state index contributed by atoms with van der Waals surface area (Å²) in [6, 6.07) is 8.31. The Labute approximate surface area is 102 Å². The summed E-state index contributed by atoms with van der Waals surface area (Å²) in [6.07, 6.45) is 0. The largest absolute Gasteiger partial charge is 0.337 e. The van der Waals surface area contributed by atoms with E-state index in [4.69, 9.17) is 0 Å². The van der Waals surface area contributed by atoms with E-state index in [0.717, 1.165) is 18.8 Å². The van der Waals surface area contributed by atoms with Crippen LogP contribution in [0.2, 0.25) is 0 Å². The van der Waals surface area contributed by atoms with Crippen molar-refractivity contribution in [2.24, 2.45) is 0 Å². The first-order chi connectivity index (χ1) is 7.31. The number of carbonyl (C=O) groups excluding carboxylic acids is 1. The molecule has 4 heteroatoms. The molecular formula is C11H12BrNOS. The molecule has 0 saturated carbocycles. The van der Waals surface area contributed by atoms with E-state index < -0.39 is 0 Å². The van der Waals surface area contributed by atoms with Gasteiger partial charge in [-0.05, 0) is 11.6 Å². The molecule has 2 nitrogen and oxygen atoms in total. The fourth-order valence-corrected chi connectivity index (χ4v) is 3.00. The van der Waals surface area contributed by atoms with Crippen molar-refractivity contribution in [1.82, 2.24) is 4.90 Å². The van der Waals surface area contributed by atoms with Gasteiger partial charge in [-0.15, -0.1) is 11.8 Å². The number of thioether (sulfide) groups is 1. The second-order valence-corrected chi connectivity index (χ2v) is 5.10. The summed E-state index contributed by atoms with van der Waals surface area (Å²) in [4.78, 5) is 14.8. The zero-order valence-electron chi connectivity index (χ0n) is 8.28. The summed E-state index contributed by atoms with van der Waals surface area (Å²) in [7, 11) is 0. The van der Waals surface area contributed by atoms with Gasteiger partial charge in [0.05, 0.1) is 5.33 Å². The third-order valence-corrected chi connectivity index (χ3v) is 4.00. The average molecular weight is 286 g/mol. The summed E-state index contributed by atoms with van der Waals surface area (Å²) in [5, 5.41) is 0.417. The lowest BCUT2D eigenvalue weighted by Crippen LogP contribution is -2.32. The Kier molecular flexibility index (Phi) is 3.70. The highest BCUT2D eigenvalue weighted by atomic mass is 79.9. The number of carbonyl (C=O) groups is 1. The number of halogens is 1. The second-order valence-electron chi connectivity index (χ2n) is 3.41. The van der Waals surface area contributed by atoms with Crippen LogP contribution < -0.4 is 0 Å². The van der Waals surface area contributed by atoms with Crippen LogP contribution in [0, 0.1) is 0 Å². The zero-order valence-corrected chi connectivity index (χ0v) is 10.7. The minimum Gasteiger partial charge on any atom is -0.337 e. The molecule has 0 spiro atoms. The summed E-state index contributed by atoms with van der Waals surface area (Å²) >= 11 is 5.05. The smallest absolute Gasteiger partial charge is 0.233 e. The maximum Gasteiger partial charge on any atom is 0.233 e. The number of rotatable bonds is 1. The van der Waals surface area contributed by atoms with Crippen molar-refractivity contribution in [3.8, 4) is 0 Å². The minimum atomic E-state index is 0.173. The molecule has 0 bridgehead atoms. The molecule has 2 rings (SSSR count). The average Bonchev–Trinajstić information content (AvgIpc) is 2.49. The van der Waals surface area contributed by atoms with E-state index in [-0.39, 0.29) is 5.91 Å². The monoisotopic (exact) mass is 285 g/mol. The van der Waals surface area contributed by atoms with Gasteiger partial charge in [-0.3, -0.25) is 4.79 Å². The van der Waals surface area contributed by atoms with E-state index in [2.05, 4.69) is 28.1 Å². The lowest BCUT2D eigenvalue weighted by atomic mass is 10.2. The summed E-state index contributed by atoms with van der Waals surface area (Å²) in [5.74, 6) is 1.16. The molecule has 1 heterocycles. The van der Waals surface area contributed by atoms with Crippen LogP contribution in [0.5, 0.6) is 0 Å². The van der Waals surface area contributed by atoms with Crippen LogP contribution in [0.3, 0.4) is 0 Å². The van der Waals surface area contributed by atoms with E-state index >= 15 is 0 Å². The number of hydrogen-bond acceptors (Lipinski definition) is 2. The van der Waals surface area contributed by atoms with Gasteiger partial charge in [0.2, 0.25) is 5.91 Å². The van der Waals surface area contributed by atoms with E-state index in [1.54, 1.807) is 0 Å². The predicted molar refractivity (Wildman–Crippen MR) is 66.4 cm³/mol. The maximum atomic E-state index is 11.6. The first-order valence-corrected chi connectivity index (χ1v) is 6.96. The van der Waals surface area contributed by atoms with Crippen molar-refractivity contribution in [2.45, 2.75) is 11.4 Å². The van der Waals surface area contributed by atoms with E-state index in [9.17, 15) is 4.79 Å². The first kappa shape index (κ1) is 11.0. The van der Waals surface area contributed by atoms with Crippen LogP contribution >= 0.6 is 27.7 Å². The lowest BCUT2D eigenvalue weighted by molar-refractivity contribution is -0.128. The van der Waals surface area contributed by atoms with Crippen LogP contribution in [0.1, 0.15) is 5.56 Å². The molecule has 0 aromatic heterocycles. The third kappa shape index (κ3) is 2.55. The van der Waals surface area contributed by atoms with Gasteiger partial charge >= 0.3 is 0 Å². The van der Waals surface area contributed by atoms with Crippen LogP contribution in [0.15, 0.2) is 29.2 Å². The second kappa shape index (κ2) is 5.03. The zero-order chi connectivity index (χ0) is 10.7. The quantitative estimate of drug-likeness (QED) is 0.739. The first-order valence-electron chi connectivity index (χ1n) is 4.85. The molecule has 80 valence electrons. The standard InChI is InChI=1S/C11H12BrNOS/c12-7-11(14)13-5-6-15-10-4-2-1-3-9(10)8-13/h1-4H,5-8H2. The number of amides is 1. The van der Waals surface area contributed by atoms with Crippen molar-refractivity contribution < 1.29 is 4.79 Å². The fourth-order valence-electron chi connectivity index (χ4n) is 1.62. The molecule has 1 amide bonds. The van der Waals surface area contributed by atoms with Gasteiger partial charge in [0, 0.05) is 23.7 Å². The lowest BCUT2D eigenvalue weighted by Gasteiger charge is -2.19. The Morgan fingerprint density at radius 2 is 2.27 bits per heavy atom. The van der Waals surface area contributed by atoms with Gasteiger partial charge in [0.15, 0.2) is 0 Å². The number of benzene rings is 1. The highest BCUT2D eigenvalue weighted by molar-refractivity contribution is 9.09. The number of nitrogens with zero attached hydrogens (tertiary/aromatic N) is 1. The molecule has 1 aromatic carbocycles. The Bertz CT molecular complexity index is 369. The summed E-state index contributed by atoms with van der Waals surface area (Å²) < 4.78 is 0. The van der Waals surface area contributed by atoms with Gasteiger partial charge in [0.25, 0.3) is 0 Å².